The number of anilines is 1. The van der Waals surface area contributed by atoms with E-state index in [1.807, 2.05) is 4.90 Å². The average molecular weight is 417 g/mol. The van der Waals surface area contributed by atoms with E-state index in [-0.39, 0.29) is 30.5 Å². The van der Waals surface area contributed by atoms with Crippen molar-refractivity contribution in [1.82, 2.24) is 9.97 Å². The Labute approximate surface area is 173 Å². The normalized spacial score (nSPS) is 13.7. The van der Waals surface area contributed by atoms with Crippen molar-refractivity contribution in [3.05, 3.63) is 42.0 Å². The van der Waals surface area contributed by atoms with Gasteiger partial charge in [-0.2, -0.15) is 0 Å². The van der Waals surface area contributed by atoms with Crippen LogP contribution in [-0.2, 0) is 25.6 Å². The highest BCUT2D eigenvalue weighted by Gasteiger charge is 2.29. The van der Waals surface area contributed by atoms with Gasteiger partial charge in [-0.1, -0.05) is 18.2 Å². The van der Waals surface area contributed by atoms with Gasteiger partial charge in [-0.25, -0.2) is 14.4 Å². The molecule has 0 bridgehead atoms. The van der Waals surface area contributed by atoms with Gasteiger partial charge in [0.1, 0.15) is 24.7 Å². The Balaban J connectivity index is 1.60. The summed E-state index contributed by atoms with van der Waals surface area (Å²) in [7, 11) is 1.63. The van der Waals surface area contributed by atoms with E-state index in [0.717, 1.165) is 0 Å². The zero-order chi connectivity index (χ0) is 21.5. The second-order valence-corrected chi connectivity index (χ2v) is 6.80. The first-order valence-corrected chi connectivity index (χ1v) is 9.41. The minimum atomic E-state index is -0.681. The number of carbonyl (C=O) groups excluding carboxylic acids is 1. The standard InChI is InChI=1S/C20H24FN5O4/c1-28-5-6-29-15-10-26(11-15)20-24-8-14(9-25-20)16-4-2-3-13(19(16)21)12-30-18(27)7-17(22)23/h2-4,8-9,15H,5-7,10-12H2,1H3,(H3,22,23). The Kier molecular flexibility index (Phi) is 7.26. The van der Waals surface area contributed by atoms with E-state index in [1.165, 1.54) is 6.07 Å². The maximum absolute atomic E-state index is 14.9. The van der Waals surface area contributed by atoms with E-state index in [4.69, 9.17) is 25.4 Å². The van der Waals surface area contributed by atoms with Crippen LogP contribution in [0.3, 0.4) is 0 Å². The number of hydrogen-bond acceptors (Lipinski definition) is 8. The molecule has 1 saturated heterocycles. The Morgan fingerprint density at radius 2 is 2.03 bits per heavy atom. The lowest BCUT2D eigenvalue weighted by Gasteiger charge is -2.38. The molecule has 2 aromatic rings. The number of nitrogens with two attached hydrogens (primary N) is 1. The van der Waals surface area contributed by atoms with Gasteiger partial charge in [0, 0.05) is 49.3 Å². The first-order valence-electron chi connectivity index (χ1n) is 9.41. The van der Waals surface area contributed by atoms with Crippen molar-refractivity contribution in [2.75, 3.05) is 38.3 Å². The highest BCUT2D eigenvalue weighted by Crippen LogP contribution is 2.26. The van der Waals surface area contributed by atoms with Crippen molar-refractivity contribution < 1.29 is 23.4 Å². The van der Waals surface area contributed by atoms with Crippen LogP contribution >= 0.6 is 0 Å². The number of rotatable bonds is 10. The molecule has 0 amide bonds. The van der Waals surface area contributed by atoms with Crippen LogP contribution in [-0.4, -0.2) is 61.3 Å². The molecular formula is C20H24FN5O4. The van der Waals surface area contributed by atoms with E-state index in [0.29, 0.717) is 43.4 Å². The summed E-state index contributed by atoms with van der Waals surface area (Å²) in [6.07, 6.45) is 2.92. The van der Waals surface area contributed by atoms with E-state index in [2.05, 4.69) is 9.97 Å². The van der Waals surface area contributed by atoms with E-state index >= 15 is 0 Å². The molecule has 3 rings (SSSR count). The maximum atomic E-state index is 14.9. The highest BCUT2D eigenvalue weighted by molar-refractivity contribution is 5.94. The van der Waals surface area contributed by atoms with Crippen molar-refractivity contribution in [2.45, 2.75) is 19.1 Å². The predicted octanol–water partition coefficient (Wildman–Crippen LogP) is 1.50. The highest BCUT2D eigenvalue weighted by atomic mass is 19.1. The fourth-order valence-corrected chi connectivity index (χ4v) is 2.91. The molecule has 3 N–H and O–H groups in total. The zero-order valence-electron chi connectivity index (χ0n) is 16.6. The molecule has 30 heavy (non-hydrogen) atoms. The number of methoxy groups -OCH3 is 1. The van der Waals surface area contributed by atoms with Gasteiger partial charge in [0.05, 0.1) is 19.3 Å². The van der Waals surface area contributed by atoms with Crippen molar-refractivity contribution >= 4 is 17.8 Å². The van der Waals surface area contributed by atoms with E-state index < -0.39 is 11.8 Å². The molecule has 0 aliphatic carbocycles. The Morgan fingerprint density at radius 1 is 1.30 bits per heavy atom. The number of amidine groups is 1. The molecule has 0 unspecified atom stereocenters. The first-order chi connectivity index (χ1) is 14.5. The Bertz CT molecular complexity index is 887. The molecule has 160 valence electrons. The summed E-state index contributed by atoms with van der Waals surface area (Å²) in [6.45, 7) is 2.25. The largest absolute Gasteiger partial charge is 0.460 e. The summed E-state index contributed by atoms with van der Waals surface area (Å²) in [5.74, 6) is -0.944. The summed E-state index contributed by atoms with van der Waals surface area (Å²) >= 11 is 0. The van der Waals surface area contributed by atoms with Crippen LogP contribution in [0.4, 0.5) is 10.3 Å². The average Bonchev–Trinajstić information content (AvgIpc) is 2.69. The van der Waals surface area contributed by atoms with Gasteiger partial charge in [-0.15, -0.1) is 0 Å². The Hall–Kier alpha value is -3.11. The summed E-state index contributed by atoms with van der Waals surface area (Å²) < 4.78 is 30.4. The number of ether oxygens (including phenoxy) is 3. The lowest BCUT2D eigenvalue weighted by molar-refractivity contribution is -0.143. The third-order valence-corrected chi connectivity index (χ3v) is 4.52. The number of nitrogens with one attached hydrogen (secondary N) is 1. The summed E-state index contributed by atoms with van der Waals surface area (Å²) in [6, 6.07) is 4.80. The number of benzene rings is 1. The fraction of sp³-hybridized carbons (Fsp3) is 0.400. The molecule has 9 nitrogen and oxygen atoms in total. The molecule has 0 saturated carbocycles. The van der Waals surface area contributed by atoms with Gasteiger partial charge in [0.15, 0.2) is 0 Å². The third kappa shape index (κ3) is 5.49. The molecule has 1 fully saturated rings. The predicted molar refractivity (Wildman–Crippen MR) is 108 cm³/mol. The number of halogens is 1. The first kappa shape index (κ1) is 21.6. The fourth-order valence-electron chi connectivity index (χ4n) is 2.91. The van der Waals surface area contributed by atoms with Gasteiger partial charge in [0.25, 0.3) is 0 Å². The quantitative estimate of drug-likeness (QED) is 0.258. The SMILES string of the molecule is COCCOC1CN(c2ncc(-c3cccc(COC(=O)CC(=N)N)c3F)cn2)C1. The van der Waals surface area contributed by atoms with Gasteiger partial charge in [-0.05, 0) is 0 Å². The van der Waals surface area contributed by atoms with Crippen LogP contribution < -0.4 is 10.6 Å². The van der Waals surface area contributed by atoms with Crippen molar-refractivity contribution in [1.29, 1.82) is 5.41 Å². The molecule has 0 radical (unpaired) electrons. The van der Waals surface area contributed by atoms with Crippen molar-refractivity contribution in [3.63, 3.8) is 0 Å². The van der Waals surface area contributed by atoms with Crippen LogP contribution in [0.25, 0.3) is 11.1 Å². The van der Waals surface area contributed by atoms with Crippen LogP contribution in [0.1, 0.15) is 12.0 Å². The monoisotopic (exact) mass is 417 g/mol. The molecular weight excluding hydrogens is 393 g/mol. The molecule has 0 spiro atoms. The van der Waals surface area contributed by atoms with Gasteiger partial charge in [0.2, 0.25) is 5.95 Å². The maximum Gasteiger partial charge on any atom is 0.313 e. The molecule has 0 atom stereocenters. The van der Waals surface area contributed by atoms with Crippen LogP contribution in [0.15, 0.2) is 30.6 Å². The lowest BCUT2D eigenvalue weighted by Crippen LogP contribution is -2.53. The topological polar surface area (TPSA) is 124 Å². The minimum absolute atomic E-state index is 0.128. The summed E-state index contributed by atoms with van der Waals surface area (Å²) in [5, 5.41) is 7.08. The van der Waals surface area contributed by atoms with Gasteiger partial charge in [-0.3, -0.25) is 10.2 Å². The zero-order valence-corrected chi connectivity index (χ0v) is 16.6. The molecule has 1 aromatic carbocycles. The number of nitrogens with zero attached hydrogens (tertiary/aromatic N) is 3. The van der Waals surface area contributed by atoms with E-state index in [1.54, 1.807) is 31.6 Å². The molecule has 1 aromatic heterocycles. The smallest absolute Gasteiger partial charge is 0.313 e. The molecule has 1 aliphatic heterocycles. The second-order valence-electron chi connectivity index (χ2n) is 6.80. The minimum Gasteiger partial charge on any atom is -0.460 e. The third-order valence-electron chi connectivity index (χ3n) is 4.52. The van der Waals surface area contributed by atoms with Crippen LogP contribution in [0.5, 0.6) is 0 Å². The van der Waals surface area contributed by atoms with Gasteiger partial charge >= 0.3 is 5.97 Å². The van der Waals surface area contributed by atoms with Crippen LogP contribution in [0.2, 0.25) is 0 Å². The summed E-state index contributed by atoms with van der Waals surface area (Å²) in [5.41, 5.74) is 6.20. The number of esters is 1. The molecule has 10 heteroatoms. The van der Waals surface area contributed by atoms with Gasteiger partial charge < -0.3 is 24.8 Å². The molecule has 1 aliphatic rings. The number of hydrogen-bond donors (Lipinski definition) is 2. The molecule has 2 heterocycles. The van der Waals surface area contributed by atoms with Crippen molar-refractivity contribution in [3.8, 4) is 11.1 Å². The van der Waals surface area contributed by atoms with Crippen molar-refractivity contribution in [2.24, 2.45) is 5.73 Å². The lowest BCUT2D eigenvalue weighted by atomic mass is 10.1. The van der Waals surface area contributed by atoms with Crippen LogP contribution in [0, 0.1) is 11.2 Å². The van der Waals surface area contributed by atoms with E-state index in [9.17, 15) is 9.18 Å². The second kappa shape index (κ2) is 10.1. The number of aromatic nitrogens is 2. The Morgan fingerprint density at radius 3 is 2.70 bits per heavy atom. The number of carbonyl (C=O) groups is 1. The summed E-state index contributed by atoms with van der Waals surface area (Å²) in [4.78, 5) is 22.2.